The van der Waals surface area contributed by atoms with Crippen molar-refractivity contribution in [2.75, 3.05) is 4.90 Å². The van der Waals surface area contributed by atoms with Crippen LogP contribution in [0.2, 0.25) is 5.02 Å². The Bertz CT molecular complexity index is 743. The smallest absolute Gasteiger partial charge is 0.151 e. The largest absolute Gasteiger partial charge is 0.453 e. The van der Waals surface area contributed by atoms with Gasteiger partial charge in [-0.1, -0.05) is 30.7 Å². The van der Waals surface area contributed by atoms with Gasteiger partial charge >= 0.3 is 0 Å². The number of ether oxygens (including phenoxy) is 1. The molecule has 0 aromatic heterocycles. The number of hydrogen-bond donors (Lipinski definition) is 2. The number of fused-ring (bicyclic) bond motifs is 2. The van der Waals surface area contributed by atoms with Gasteiger partial charge in [-0.2, -0.15) is 0 Å². The second-order valence-electron chi connectivity index (χ2n) is 6.15. The van der Waals surface area contributed by atoms with Crippen molar-refractivity contribution in [3.63, 3.8) is 0 Å². The van der Waals surface area contributed by atoms with E-state index in [2.05, 4.69) is 4.90 Å². The Morgan fingerprint density at radius 3 is 2.32 bits per heavy atom. The number of anilines is 2. The molecule has 3 unspecified atom stereocenters. The third kappa shape index (κ3) is 3.33. The van der Waals surface area contributed by atoms with Crippen molar-refractivity contribution in [1.29, 1.82) is 0 Å². The van der Waals surface area contributed by atoms with E-state index >= 15 is 0 Å². The van der Waals surface area contributed by atoms with Gasteiger partial charge in [-0.3, -0.25) is 0 Å². The molecule has 0 spiro atoms. The lowest BCUT2D eigenvalue weighted by Gasteiger charge is -2.45. The van der Waals surface area contributed by atoms with Crippen LogP contribution in [-0.4, -0.2) is 33.7 Å². The molecule has 1 aliphatic heterocycles. The van der Waals surface area contributed by atoms with Crippen LogP contribution in [0.4, 0.5) is 11.4 Å². The molecule has 134 valence electrons. The topological polar surface area (TPSA) is 56.2 Å². The molecular formula is C19H23ClN2O3. The van der Waals surface area contributed by atoms with E-state index in [1.54, 1.807) is 24.8 Å². The zero-order chi connectivity index (χ0) is 18.1. The van der Waals surface area contributed by atoms with Gasteiger partial charge in [0, 0.05) is 5.02 Å². The molecule has 0 bridgehead atoms. The van der Waals surface area contributed by atoms with Crippen molar-refractivity contribution in [3.8, 4) is 11.5 Å². The van der Waals surface area contributed by atoms with Crippen LogP contribution in [0.25, 0.3) is 0 Å². The van der Waals surface area contributed by atoms with Gasteiger partial charge in [-0.25, -0.2) is 4.90 Å². The average Bonchev–Trinajstić information content (AvgIpc) is 2.57. The van der Waals surface area contributed by atoms with E-state index in [0.29, 0.717) is 17.2 Å². The molecule has 6 heteroatoms. The van der Waals surface area contributed by atoms with Crippen molar-refractivity contribution < 1.29 is 14.9 Å². The monoisotopic (exact) mass is 362 g/mol. The third-order valence-corrected chi connectivity index (χ3v) is 4.63. The Hall–Kier alpha value is -1.79. The molecule has 0 saturated heterocycles. The number of para-hydroxylation sites is 2. The standard InChI is InChI=1S/C19H23ClN2O3/c1-4-19(21(12(2)23)13(3)24)22-15-7-5-6-8-17(15)25-18-10-9-14(20)11-16(18)22/h5-13,19,23-24H,4H2,1-3H3. The normalized spacial score (nSPS) is 16.7. The third-order valence-electron chi connectivity index (χ3n) is 4.40. The molecule has 0 aliphatic carbocycles. The first-order chi connectivity index (χ1) is 11.9. The van der Waals surface area contributed by atoms with Crippen LogP contribution in [0.15, 0.2) is 42.5 Å². The summed E-state index contributed by atoms with van der Waals surface area (Å²) in [6.07, 6.45) is -1.23. The summed E-state index contributed by atoms with van der Waals surface area (Å²) in [4.78, 5) is 3.73. The number of benzene rings is 2. The van der Waals surface area contributed by atoms with Gasteiger partial charge in [0.1, 0.15) is 12.5 Å². The van der Waals surface area contributed by atoms with Gasteiger partial charge in [0.05, 0.1) is 17.5 Å². The Labute approximate surface area is 153 Å². The quantitative estimate of drug-likeness (QED) is 0.777. The van der Waals surface area contributed by atoms with Gasteiger partial charge in [0.2, 0.25) is 0 Å². The van der Waals surface area contributed by atoms with Crippen molar-refractivity contribution >= 4 is 23.0 Å². The van der Waals surface area contributed by atoms with Crippen LogP contribution in [0.5, 0.6) is 11.5 Å². The molecule has 1 aliphatic rings. The maximum atomic E-state index is 10.2. The first-order valence-electron chi connectivity index (χ1n) is 8.43. The highest BCUT2D eigenvalue weighted by Gasteiger charge is 2.35. The maximum absolute atomic E-state index is 10.2. The Kier molecular flexibility index (Phi) is 5.20. The molecule has 3 rings (SSSR count). The van der Waals surface area contributed by atoms with Crippen LogP contribution in [-0.2, 0) is 0 Å². The number of aliphatic hydroxyl groups is 2. The molecule has 2 aromatic rings. The lowest BCUT2D eigenvalue weighted by atomic mass is 10.1. The van der Waals surface area contributed by atoms with E-state index in [9.17, 15) is 10.2 Å². The fraction of sp³-hybridized carbons (Fsp3) is 0.368. The molecule has 1 heterocycles. The number of aliphatic hydroxyl groups excluding tert-OH is 2. The molecular weight excluding hydrogens is 340 g/mol. The highest BCUT2D eigenvalue weighted by atomic mass is 35.5. The van der Waals surface area contributed by atoms with Crippen molar-refractivity contribution in [1.82, 2.24) is 4.90 Å². The summed E-state index contributed by atoms with van der Waals surface area (Å²) < 4.78 is 6.01. The lowest BCUT2D eigenvalue weighted by molar-refractivity contribution is -0.108. The number of nitrogens with zero attached hydrogens (tertiary/aromatic N) is 2. The van der Waals surface area contributed by atoms with Gasteiger partial charge in [-0.05, 0) is 50.6 Å². The highest BCUT2D eigenvalue weighted by molar-refractivity contribution is 6.31. The number of halogens is 1. The van der Waals surface area contributed by atoms with Crippen molar-refractivity contribution in [2.45, 2.75) is 45.8 Å². The van der Waals surface area contributed by atoms with Crippen molar-refractivity contribution in [2.24, 2.45) is 0 Å². The van der Waals surface area contributed by atoms with Crippen LogP contribution >= 0.6 is 11.6 Å². The molecule has 0 saturated carbocycles. The maximum Gasteiger partial charge on any atom is 0.151 e. The first kappa shape index (κ1) is 18.0. The first-order valence-corrected chi connectivity index (χ1v) is 8.81. The Morgan fingerprint density at radius 2 is 1.68 bits per heavy atom. The molecule has 0 radical (unpaired) electrons. The summed E-state index contributed by atoms with van der Waals surface area (Å²) in [5.41, 5.74) is 1.68. The minimum absolute atomic E-state index is 0.276. The molecule has 0 amide bonds. The Balaban J connectivity index is 2.17. The van der Waals surface area contributed by atoms with Crippen LogP contribution in [0.3, 0.4) is 0 Å². The molecule has 3 atom stereocenters. The zero-order valence-electron chi connectivity index (χ0n) is 14.6. The zero-order valence-corrected chi connectivity index (χ0v) is 15.3. The van der Waals surface area contributed by atoms with E-state index in [-0.39, 0.29) is 6.17 Å². The molecule has 0 fully saturated rings. The van der Waals surface area contributed by atoms with Crippen LogP contribution < -0.4 is 9.64 Å². The average molecular weight is 363 g/mol. The van der Waals surface area contributed by atoms with Crippen LogP contribution in [0, 0.1) is 0 Å². The van der Waals surface area contributed by atoms with Gasteiger partial charge in [0.25, 0.3) is 0 Å². The summed E-state index contributed by atoms with van der Waals surface area (Å²) in [5, 5.41) is 21.1. The number of hydrogen-bond acceptors (Lipinski definition) is 5. The second kappa shape index (κ2) is 7.22. The molecule has 5 nitrogen and oxygen atoms in total. The van der Waals surface area contributed by atoms with E-state index in [1.165, 1.54) is 0 Å². The number of rotatable bonds is 5. The van der Waals surface area contributed by atoms with E-state index in [4.69, 9.17) is 16.3 Å². The fourth-order valence-electron chi connectivity index (χ4n) is 3.41. The Morgan fingerprint density at radius 1 is 1.04 bits per heavy atom. The summed E-state index contributed by atoms with van der Waals surface area (Å²) in [7, 11) is 0. The fourth-order valence-corrected chi connectivity index (χ4v) is 3.58. The summed E-state index contributed by atoms with van der Waals surface area (Å²) in [5.74, 6) is 1.42. The minimum atomic E-state index is -0.817. The summed E-state index contributed by atoms with van der Waals surface area (Å²) >= 11 is 6.23. The summed E-state index contributed by atoms with van der Waals surface area (Å²) in [6, 6.07) is 13.2. The minimum Gasteiger partial charge on any atom is -0.453 e. The van der Waals surface area contributed by atoms with Gasteiger partial charge in [-0.15, -0.1) is 0 Å². The van der Waals surface area contributed by atoms with E-state index < -0.39 is 12.5 Å². The predicted molar refractivity (Wildman–Crippen MR) is 99.4 cm³/mol. The lowest BCUT2D eigenvalue weighted by Crippen LogP contribution is -2.54. The van der Waals surface area contributed by atoms with E-state index in [1.807, 2.05) is 43.3 Å². The van der Waals surface area contributed by atoms with Gasteiger partial charge < -0.3 is 19.8 Å². The second-order valence-corrected chi connectivity index (χ2v) is 6.59. The molecule has 25 heavy (non-hydrogen) atoms. The SMILES string of the molecule is CCC(N1c2ccccc2Oc2ccc(Cl)cc21)N(C(C)O)C(C)O. The molecule has 2 aromatic carbocycles. The highest BCUT2D eigenvalue weighted by Crippen LogP contribution is 2.49. The van der Waals surface area contributed by atoms with Crippen LogP contribution in [0.1, 0.15) is 27.2 Å². The van der Waals surface area contributed by atoms with Crippen molar-refractivity contribution in [3.05, 3.63) is 47.5 Å². The van der Waals surface area contributed by atoms with Gasteiger partial charge in [0.15, 0.2) is 11.5 Å². The summed E-state index contributed by atoms with van der Waals surface area (Å²) in [6.45, 7) is 5.33. The predicted octanol–water partition coefficient (Wildman–Crippen LogP) is 4.30. The van der Waals surface area contributed by atoms with E-state index in [0.717, 1.165) is 17.1 Å². The molecule has 2 N–H and O–H groups in total.